The normalized spacial score (nSPS) is 16.6. The van der Waals surface area contributed by atoms with Crippen molar-refractivity contribution in [3.8, 4) is 5.75 Å². The summed E-state index contributed by atoms with van der Waals surface area (Å²) in [4.78, 5) is 25.1. The number of amides is 2. The maximum absolute atomic E-state index is 12.8. The van der Waals surface area contributed by atoms with Crippen LogP contribution in [0.15, 0.2) is 57.0 Å². The van der Waals surface area contributed by atoms with Crippen molar-refractivity contribution in [2.75, 3.05) is 6.61 Å². The Labute approximate surface area is 172 Å². The minimum atomic E-state index is -0.749. The van der Waals surface area contributed by atoms with Crippen molar-refractivity contribution in [2.24, 2.45) is 0 Å². The van der Waals surface area contributed by atoms with Crippen LogP contribution in [0.3, 0.4) is 0 Å². The fourth-order valence-electron chi connectivity index (χ4n) is 2.83. The van der Waals surface area contributed by atoms with Crippen LogP contribution < -0.4 is 10.6 Å². The molecule has 0 aromatic heterocycles. The second-order valence-electron chi connectivity index (χ2n) is 5.74. The Morgan fingerprint density at radius 2 is 1.81 bits per heavy atom. The standard InChI is InChI=1S/C19H16Br2N2O4/c1-2-27-18(25)14-15(10-6-4-3-5-7-10)22-19(26)23-16(14)11-8-12(20)17(24)13(21)9-11/h3-9,16,24H,2H2,1H3,(H2,22,23,26). The van der Waals surface area contributed by atoms with Gasteiger partial charge in [-0.25, -0.2) is 9.59 Å². The van der Waals surface area contributed by atoms with E-state index in [-0.39, 0.29) is 17.9 Å². The fourth-order valence-corrected chi connectivity index (χ4v) is 4.05. The minimum absolute atomic E-state index is 0.0314. The van der Waals surface area contributed by atoms with Gasteiger partial charge in [-0.2, -0.15) is 0 Å². The van der Waals surface area contributed by atoms with E-state index >= 15 is 0 Å². The number of esters is 1. The van der Waals surface area contributed by atoms with Crippen LogP contribution >= 0.6 is 31.9 Å². The lowest BCUT2D eigenvalue weighted by atomic mass is 9.92. The van der Waals surface area contributed by atoms with E-state index in [1.807, 2.05) is 18.2 Å². The number of benzene rings is 2. The number of phenolic OH excluding ortho intramolecular Hbond substituents is 1. The van der Waals surface area contributed by atoms with E-state index in [1.165, 1.54) is 0 Å². The third-order valence-corrected chi connectivity index (χ3v) is 5.21. The van der Waals surface area contributed by atoms with E-state index in [0.29, 0.717) is 25.8 Å². The molecule has 1 heterocycles. The first-order valence-corrected chi connectivity index (χ1v) is 9.73. The van der Waals surface area contributed by atoms with E-state index in [4.69, 9.17) is 4.74 Å². The molecule has 0 aliphatic carbocycles. The quantitative estimate of drug-likeness (QED) is 0.553. The van der Waals surface area contributed by atoms with Gasteiger partial charge in [0.15, 0.2) is 0 Å². The molecule has 6 nitrogen and oxygen atoms in total. The topological polar surface area (TPSA) is 87.7 Å². The summed E-state index contributed by atoms with van der Waals surface area (Å²) in [5.41, 5.74) is 1.98. The van der Waals surface area contributed by atoms with E-state index in [1.54, 1.807) is 31.2 Å². The Bertz CT molecular complexity index is 906. The van der Waals surface area contributed by atoms with Crippen molar-refractivity contribution in [2.45, 2.75) is 13.0 Å². The average molecular weight is 496 g/mol. The molecule has 0 saturated heterocycles. The molecule has 2 aromatic rings. The van der Waals surface area contributed by atoms with Gasteiger partial charge in [-0.05, 0) is 62.0 Å². The van der Waals surface area contributed by atoms with E-state index < -0.39 is 18.0 Å². The zero-order valence-corrected chi connectivity index (χ0v) is 17.4. The highest BCUT2D eigenvalue weighted by molar-refractivity contribution is 9.11. The fraction of sp³-hybridized carbons (Fsp3) is 0.158. The molecule has 2 aromatic carbocycles. The molecule has 0 bridgehead atoms. The van der Waals surface area contributed by atoms with Gasteiger partial charge in [-0.15, -0.1) is 0 Å². The first-order valence-electron chi connectivity index (χ1n) is 8.14. The van der Waals surface area contributed by atoms with E-state index in [0.717, 1.165) is 0 Å². The lowest BCUT2D eigenvalue weighted by molar-refractivity contribution is -0.138. The minimum Gasteiger partial charge on any atom is -0.506 e. The maximum Gasteiger partial charge on any atom is 0.338 e. The van der Waals surface area contributed by atoms with Crippen LogP contribution in [0.2, 0.25) is 0 Å². The third kappa shape index (κ3) is 4.01. The van der Waals surface area contributed by atoms with Crippen molar-refractivity contribution < 1.29 is 19.4 Å². The summed E-state index contributed by atoms with van der Waals surface area (Å²) in [6.45, 7) is 1.92. The largest absolute Gasteiger partial charge is 0.506 e. The molecule has 1 aliphatic rings. The summed E-state index contributed by atoms with van der Waals surface area (Å²) in [6.07, 6.45) is 0. The number of carbonyl (C=O) groups excluding carboxylic acids is 2. The average Bonchev–Trinajstić information content (AvgIpc) is 2.65. The predicted molar refractivity (Wildman–Crippen MR) is 108 cm³/mol. The summed E-state index contributed by atoms with van der Waals surface area (Å²) in [5.74, 6) is -0.502. The Hall–Kier alpha value is -2.32. The molecule has 2 amide bonds. The molecular formula is C19H16Br2N2O4. The highest BCUT2D eigenvalue weighted by Crippen LogP contribution is 2.39. The second-order valence-corrected chi connectivity index (χ2v) is 7.45. The van der Waals surface area contributed by atoms with Gasteiger partial charge in [0, 0.05) is 0 Å². The summed E-state index contributed by atoms with van der Waals surface area (Å²) >= 11 is 6.57. The molecule has 8 heteroatoms. The lowest BCUT2D eigenvalue weighted by Gasteiger charge is -2.30. The predicted octanol–water partition coefficient (Wildman–Crippen LogP) is 4.25. The molecule has 3 N–H and O–H groups in total. The van der Waals surface area contributed by atoms with Gasteiger partial charge in [0.2, 0.25) is 0 Å². The maximum atomic E-state index is 12.8. The second kappa shape index (κ2) is 8.14. The SMILES string of the molecule is CCOC(=O)C1=C(c2ccccc2)NC(=O)NC1c1cc(Br)c(O)c(Br)c1. The zero-order valence-electron chi connectivity index (χ0n) is 14.3. The van der Waals surface area contributed by atoms with Crippen molar-refractivity contribution in [3.63, 3.8) is 0 Å². The number of carbonyl (C=O) groups is 2. The molecule has 0 radical (unpaired) electrons. The number of ether oxygens (including phenoxy) is 1. The van der Waals surface area contributed by atoms with Gasteiger partial charge in [-0.1, -0.05) is 30.3 Å². The van der Waals surface area contributed by atoms with Crippen LogP contribution in [-0.4, -0.2) is 23.7 Å². The Morgan fingerprint density at radius 3 is 2.41 bits per heavy atom. The van der Waals surface area contributed by atoms with Crippen LogP contribution in [-0.2, 0) is 9.53 Å². The van der Waals surface area contributed by atoms with Crippen LogP contribution in [0.5, 0.6) is 5.75 Å². The molecule has 0 fully saturated rings. The molecule has 27 heavy (non-hydrogen) atoms. The van der Waals surface area contributed by atoms with E-state index in [9.17, 15) is 14.7 Å². The number of halogens is 2. The summed E-state index contributed by atoms with van der Waals surface area (Å²) in [6, 6.07) is 11.2. The highest BCUT2D eigenvalue weighted by atomic mass is 79.9. The van der Waals surface area contributed by atoms with Crippen LogP contribution in [0.25, 0.3) is 5.70 Å². The first kappa shape index (κ1) is 19.4. The molecule has 1 atom stereocenters. The number of hydrogen-bond acceptors (Lipinski definition) is 4. The molecular weight excluding hydrogens is 480 g/mol. The van der Waals surface area contributed by atoms with Gasteiger partial charge >= 0.3 is 12.0 Å². The molecule has 0 spiro atoms. The highest BCUT2D eigenvalue weighted by Gasteiger charge is 2.34. The third-order valence-electron chi connectivity index (χ3n) is 4.00. The van der Waals surface area contributed by atoms with Crippen LogP contribution in [0, 0.1) is 0 Å². The number of rotatable bonds is 4. The summed E-state index contributed by atoms with van der Waals surface area (Å²) in [5, 5.41) is 15.5. The molecule has 3 rings (SSSR count). The van der Waals surface area contributed by atoms with Gasteiger partial charge < -0.3 is 20.5 Å². The molecule has 1 aliphatic heterocycles. The smallest absolute Gasteiger partial charge is 0.338 e. The number of phenols is 1. The lowest BCUT2D eigenvalue weighted by Crippen LogP contribution is -2.45. The van der Waals surface area contributed by atoms with Crippen molar-refractivity contribution in [1.29, 1.82) is 0 Å². The monoisotopic (exact) mass is 494 g/mol. The van der Waals surface area contributed by atoms with Crippen LogP contribution in [0.1, 0.15) is 24.1 Å². The van der Waals surface area contributed by atoms with E-state index in [2.05, 4.69) is 42.5 Å². The van der Waals surface area contributed by atoms with Crippen LogP contribution in [0.4, 0.5) is 4.79 Å². The Balaban J connectivity index is 2.21. The number of aromatic hydroxyl groups is 1. The molecule has 0 saturated carbocycles. The van der Waals surface area contributed by atoms with Crippen molar-refractivity contribution >= 4 is 49.6 Å². The molecule has 1 unspecified atom stereocenters. The van der Waals surface area contributed by atoms with Gasteiger partial charge in [0.05, 0.1) is 32.9 Å². The number of nitrogens with one attached hydrogen (secondary N) is 2. The van der Waals surface area contributed by atoms with Gasteiger partial charge in [0.1, 0.15) is 5.75 Å². The molecule has 140 valence electrons. The van der Waals surface area contributed by atoms with Crippen molar-refractivity contribution in [1.82, 2.24) is 10.6 Å². The number of hydrogen-bond donors (Lipinski definition) is 3. The first-order chi connectivity index (χ1) is 12.9. The summed E-state index contributed by atoms with van der Waals surface area (Å²) in [7, 11) is 0. The summed E-state index contributed by atoms with van der Waals surface area (Å²) < 4.78 is 6.11. The Morgan fingerprint density at radius 1 is 1.19 bits per heavy atom. The van der Waals surface area contributed by atoms with Gasteiger partial charge in [-0.3, -0.25) is 0 Å². The Kier molecular flexibility index (Phi) is 5.86. The van der Waals surface area contributed by atoms with Gasteiger partial charge in [0.25, 0.3) is 0 Å². The zero-order chi connectivity index (χ0) is 19.6. The van der Waals surface area contributed by atoms with Crippen molar-refractivity contribution in [3.05, 3.63) is 68.1 Å². The number of urea groups is 1.